The van der Waals surface area contributed by atoms with Crippen LogP contribution >= 0.6 is 0 Å². The van der Waals surface area contributed by atoms with Crippen LogP contribution in [0.3, 0.4) is 0 Å². The highest BCUT2D eigenvalue weighted by Crippen LogP contribution is 2.50. The average molecular weight is 326 g/mol. The molecule has 3 rings (SSSR count). The summed E-state index contributed by atoms with van der Waals surface area (Å²) >= 11 is 0. The van der Waals surface area contributed by atoms with E-state index in [4.69, 9.17) is 0 Å². The van der Waals surface area contributed by atoms with Gasteiger partial charge in [-0.2, -0.15) is 0 Å². The Labute approximate surface area is 139 Å². The highest BCUT2D eigenvalue weighted by Gasteiger charge is 2.70. The molecule has 0 amide bonds. The summed E-state index contributed by atoms with van der Waals surface area (Å²) in [6.07, 6.45) is -2.32. The topological polar surface area (TPSA) is 98.0 Å². The van der Waals surface area contributed by atoms with Gasteiger partial charge in [0.05, 0.1) is 5.92 Å². The number of hydrogen-bond acceptors (Lipinski definition) is 5. The number of rotatable bonds is 5. The van der Waals surface area contributed by atoms with Crippen molar-refractivity contribution in [2.75, 3.05) is 0 Å². The Hall–Kier alpha value is -2.47. The highest BCUT2D eigenvalue weighted by molar-refractivity contribution is 6.12. The third kappa shape index (κ3) is 2.73. The van der Waals surface area contributed by atoms with Gasteiger partial charge in [-0.25, -0.2) is 0 Å². The summed E-state index contributed by atoms with van der Waals surface area (Å²) in [6.45, 7) is 0. The molecule has 1 unspecified atom stereocenters. The van der Waals surface area contributed by atoms with E-state index in [-0.39, 0.29) is 0 Å². The summed E-state index contributed by atoms with van der Waals surface area (Å²) in [5, 5.41) is 40.8. The number of aliphatic hydroxyl groups is 4. The normalized spacial score (nSPS) is 26.0. The van der Waals surface area contributed by atoms with Crippen molar-refractivity contribution in [2.45, 2.75) is 23.7 Å². The van der Waals surface area contributed by atoms with Gasteiger partial charge >= 0.3 is 0 Å². The highest BCUT2D eigenvalue weighted by atomic mass is 16.4. The van der Waals surface area contributed by atoms with E-state index in [2.05, 4.69) is 0 Å². The van der Waals surface area contributed by atoms with Crippen molar-refractivity contribution < 1.29 is 25.2 Å². The molecule has 0 aromatic heterocycles. The van der Waals surface area contributed by atoms with Gasteiger partial charge in [-0.3, -0.25) is 4.79 Å². The predicted molar refractivity (Wildman–Crippen MR) is 88.2 cm³/mol. The van der Waals surface area contributed by atoms with Gasteiger partial charge in [0.2, 0.25) is 0 Å². The zero-order valence-electron chi connectivity index (χ0n) is 12.8. The summed E-state index contributed by atoms with van der Waals surface area (Å²) in [4.78, 5) is 12.0. The maximum Gasteiger partial charge on any atom is 0.179 e. The number of carbonyl (C=O) groups is 1. The first-order chi connectivity index (χ1) is 11.5. The van der Waals surface area contributed by atoms with E-state index in [1.54, 1.807) is 60.7 Å². The molecule has 124 valence electrons. The fourth-order valence-electron chi connectivity index (χ4n) is 2.88. The molecule has 0 radical (unpaired) electrons. The van der Waals surface area contributed by atoms with Gasteiger partial charge in [0.25, 0.3) is 0 Å². The minimum Gasteiger partial charge on any atom is -0.509 e. The van der Waals surface area contributed by atoms with Gasteiger partial charge in [-0.05, 0) is 17.2 Å². The molecule has 1 aliphatic rings. The fourth-order valence-corrected chi connectivity index (χ4v) is 2.88. The minimum atomic E-state index is -2.10. The van der Waals surface area contributed by atoms with Gasteiger partial charge < -0.3 is 20.4 Å². The monoisotopic (exact) mass is 326 g/mol. The fraction of sp³-hybridized carbons (Fsp3) is 0.211. The van der Waals surface area contributed by atoms with Crippen LogP contribution in [0.4, 0.5) is 0 Å². The zero-order chi connectivity index (χ0) is 17.3. The Morgan fingerprint density at radius 1 is 1.00 bits per heavy atom. The molecule has 5 heteroatoms. The van der Waals surface area contributed by atoms with Crippen LogP contribution in [0.1, 0.15) is 17.0 Å². The lowest BCUT2D eigenvalue weighted by molar-refractivity contribution is -0.125. The largest absolute Gasteiger partial charge is 0.509 e. The van der Waals surface area contributed by atoms with Crippen LogP contribution < -0.4 is 0 Å². The lowest BCUT2D eigenvalue weighted by Gasteiger charge is -2.22. The van der Waals surface area contributed by atoms with Crippen LogP contribution in [0.25, 0.3) is 6.08 Å². The van der Waals surface area contributed by atoms with E-state index in [1.807, 2.05) is 0 Å². The van der Waals surface area contributed by atoms with E-state index < -0.39 is 35.3 Å². The van der Waals surface area contributed by atoms with E-state index in [9.17, 15) is 25.2 Å². The van der Waals surface area contributed by atoms with Crippen LogP contribution in [0.2, 0.25) is 0 Å². The molecule has 24 heavy (non-hydrogen) atoms. The van der Waals surface area contributed by atoms with E-state index in [0.29, 0.717) is 11.1 Å². The average Bonchev–Trinajstić information content (AvgIpc) is 3.17. The van der Waals surface area contributed by atoms with E-state index >= 15 is 0 Å². The van der Waals surface area contributed by atoms with E-state index in [1.165, 1.54) is 6.08 Å². The van der Waals surface area contributed by atoms with Crippen molar-refractivity contribution >= 4 is 11.9 Å². The molecular weight excluding hydrogens is 308 g/mol. The Morgan fingerprint density at radius 3 is 2.12 bits per heavy atom. The first-order valence-corrected chi connectivity index (χ1v) is 7.59. The van der Waals surface area contributed by atoms with Crippen LogP contribution in [0, 0.1) is 0 Å². The van der Waals surface area contributed by atoms with Crippen LogP contribution in [0.15, 0.2) is 66.4 Å². The molecule has 0 heterocycles. The third-order valence-corrected chi connectivity index (χ3v) is 4.31. The predicted octanol–water partition coefficient (Wildman–Crippen LogP) is 1.40. The zero-order valence-corrected chi connectivity index (χ0v) is 12.8. The molecule has 4 atom stereocenters. The third-order valence-electron chi connectivity index (χ3n) is 4.31. The van der Waals surface area contributed by atoms with Gasteiger partial charge in [-0.1, -0.05) is 60.7 Å². The SMILES string of the molecule is O=C1C(c2ccccc2)[C@@]1(O)[C@@H](O)[C@H](O)C(O)=Cc1ccccc1. The summed E-state index contributed by atoms with van der Waals surface area (Å²) in [6, 6.07) is 17.3. The van der Waals surface area contributed by atoms with Crippen LogP contribution in [-0.4, -0.2) is 44.0 Å². The number of benzene rings is 2. The molecule has 1 saturated carbocycles. The standard InChI is InChI=1S/C19H18O5/c20-14(11-12-7-3-1-4-8-12)16(21)18(23)19(24)15(17(19)22)13-9-5-2-6-10-13/h1-11,15-16,18,20-21,23-24H/t15?,16-,18+,19+/m1/s1. The Bertz CT molecular complexity index is 756. The van der Waals surface area contributed by atoms with Crippen molar-refractivity contribution in [3.8, 4) is 0 Å². The second-order valence-corrected chi connectivity index (χ2v) is 5.90. The molecular formula is C19H18O5. The second kappa shape index (κ2) is 6.20. The molecule has 1 fully saturated rings. The van der Waals surface area contributed by atoms with Gasteiger partial charge in [-0.15, -0.1) is 0 Å². The number of Topliss-reactive ketones (excluding diaryl/α,β-unsaturated/α-hetero) is 1. The molecule has 2 aromatic carbocycles. The van der Waals surface area contributed by atoms with Crippen molar-refractivity contribution in [1.29, 1.82) is 0 Å². The summed E-state index contributed by atoms with van der Waals surface area (Å²) < 4.78 is 0. The van der Waals surface area contributed by atoms with Crippen molar-refractivity contribution in [1.82, 2.24) is 0 Å². The Morgan fingerprint density at radius 2 is 1.54 bits per heavy atom. The maximum atomic E-state index is 12.0. The Kier molecular flexibility index (Phi) is 4.24. The van der Waals surface area contributed by atoms with Gasteiger partial charge in [0.1, 0.15) is 18.0 Å². The second-order valence-electron chi connectivity index (χ2n) is 5.90. The first kappa shape index (κ1) is 16.4. The van der Waals surface area contributed by atoms with Gasteiger partial charge in [0, 0.05) is 0 Å². The number of hydrogen-bond donors (Lipinski definition) is 4. The van der Waals surface area contributed by atoms with Crippen molar-refractivity contribution in [3.05, 3.63) is 77.5 Å². The summed E-state index contributed by atoms with van der Waals surface area (Å²) in [5.74, 6) is -2.01. The minimum absolute atomic E-state index is 0.520. The molecule has 0 saturated heterocycles. The van der Waals surface area contributed by atoms with Crippen LogP contribution in [0.5, 0.6) is 0 Å². The molecule has 0 spiro atoms. The first-order valence-electron chi connectivity index (χ1n) is 7.59. The molecule has 2 aromatic rings. The van der Waals surface area contributed by atoms with E-state index in [0.717, 1.165) is 0 Å². The number of aliphatic hydroxyl groups excluding tert-OH is 3. The molecule has 0 aliphatic heterocycles. The van der Waals surface area contributed by atoms with Crippen LogP contribution in [-0.2, 0) is 4.79 Å². The quantitative estimate of drug-likeness (QED) is 0.623. The number of carbonyl (C=O) groups excluding carboxylic acids is 1. The Balaban J connectivity index is 1.80. The maximum absolute atomic E-state index is 12.0. The molecule has 4 N–H and O–H groups in total. The summed E-state index contributed by atoms with van der Waals surface area (Å²) in [5.41, 5.74) is -0.919. The number of ketones is 1. The lowest BCUT2D eigenvalue weighted by atomic mass is 9.98. The van der Waals surface area contributed by atoms with Crippen molar-refractivity contribution in [2.24, 2.45) is 0 Å². The molecule has 0 bridgehead atoms. The van der Waals surface area contributed by atoms with Gasteiger partial charge in [0.15, 0.2) is 11.4 Å². The lowest BCUT2D eigenvalue weighted by Crippen LogP contribution is -2.42. The van der Waals surface area contributed by atoms with Crippen molar-refractivity contribution in [3.63, 3.8) is 0 Å². The summed E-state index contributed by atoms with van der Waals surface area (Å²) in [7, 11) is 0. The smallest absolute Gasteiger partial charge is 0.179 e. The molecule has 1 aliphatic carbocycles. The molecule has 5 nitrogen and oxygen atoms in total.